The monoisotopic (exact) mass is 303 g/mol. The van der Waals surface area contributed by atoms with E-state index in [0.29, 0.717) is 17.1 Å². The molecule has 2 aromatic rings. The van der Waals surface area contributed by atoms with Crippen LogP contribution in [0.2, 0.25) is 5.02 Å². The highest BCUT2D eigenvalue weighted by atomic mass is 35.5. The highest BCUT2D eigenvalue weighted by Crippen LogP contribution is 2.11. The fraction of sp³-hybridized carbons (Fsp3) is 0.250. The zero-order valence-corrected chi connectivity index (χ0v) is 12.7. The van der Waals surface area contributed by atoms with Crippen LogP contribution in [0.4, 0.5) is 5.82 Å². The highest BCUT2D eigenvalue weighted by Gasteiger charge is 2.06. The number of nitrogens with one attached hydrogen (secondary N) is 2. The molecule has 21 heavy (non-hydrogen) atoms. The number of benzene rings is 1. The molecule has 1 aromatic heterocycles. The fourth-order valence-electron chi connectivity index (χ4n) is 1.82. The van der Waals surface area contributed by atoms with E-state index in [4.69, 9.17) is 11.6 Å². The number of carbonyl (C=O) groups excluding carboxylic acids is 1. The zero-order valence-electron chi connectivity index (χ0n) is 11.9. The van der Waals surface area contributed by atoms with Gasteiger partial charge in [-0.15, -0.1) is 0 Å². The minimum absolute atomic E-state index is 0.149. The molecule has 0 aliphatic rings. The van der Waals surface area contributed by atoms with E-state index in [9.17, 15) is 4.79 Å². The predicted octanol–water partition coefficient (Wildman–Crippen LogP) is 3.49. The van der Waals surface area contributed by atoms with E-state index in [2.05, 4.69) is 22.5 Å². The Hall–Kier alpha value is -2.07. The summed E-state index contributed by atoms with van der Waals surface area (Å²) < 4.78 is 0. The summed E-state index contributed by atoms with van der Waals surface area (Å²) in [5, 5.41) is 6.68. The molecule has 1 heterocycles. The van der Waals surface area contributed by atoms with E-state index in [-0.39, 0.29) is 5.91 Å². The van der Waals surface area contributed by atoms with Gasteiger partial charge >= 0.3 is 0 Å². The normalized spacial score (nSPS) is 10.2. The lowest BCUT2D eigenvalue weighted by Gasteiger charge is -2.07. The first-order valence-corrected chi connectivity index (χ1v) is 7.29. The van der Waals surface area contributed by atoms with Crippen molar-refractivity contribution in [2.75, 3.05) is 11.9 Å². The number of anilines is 1. The summed E-state index contributed by atoms with van der Waals surface area (Å²) in [4.78, 5) is 16.2. The molecule has 0 saturated carbocycles. The zero-order chi connectivity index (χ0) is 15.1. The second kappa shape index (κ2) is 7.64. The summed E-state index contributed by atoms with van der Waals surface area (Å²) in [6.45, 7) is 3.40. The van der Waals surface area contributed by atoms with Gasteiger partial charge in [-0.25, -0.2) is 4.98 Å². The number of pyridine rings is 1. The second-order valence-electron chi connectivity index (χ2n) is 4.67. The Kier molecular flexibility index (Phi) is 5.58. The largest absolute Gasteiger partial charge is 0.370 e. The van der Waals surface area contributed by atoms with Crippen LogP contribution >= 0.6 is 11.6 Å². The molecule has 110 valence electrons. The molecule has 2 N–H and O–H groups in total. The lowest BCUT2D eigenvalue weighted by molar-refractivity contribution is 0.0950. The molecule has 0 aliphatic carbocycles. The average Bonchev–Trinajstić information content (AvgIpc) is 2.51. The highest BCUT2D eigenvalue weighted by molar-refractivity contribution is 6.30. The SMILES string of the molecule is CCCNc1ccc(C(=O)NCc2cccc(Cl)c2)cn1. The molecule has 0 fully saturated rings. The van der Waals surface area contributed by atoms with E-state index in [1.54, 1.807) is 18.3 Å². The second-order valence-corrected chi connectivity index (χ2v) is 5.11. The van der Waals surface area contributed by atoms with Gasteiger partial charge in [0.25, 0.3) is 5.91 Å². The molecule has 0 atom stereocenters. The molecule has 5 heteroatoms. The van der Waals surface area contributed by atoms with Gasteiger partial charge in [-0.2, -0.15) is 0 Å². The molecule has 0 radical (unpaired) electrons. The summed E-state index contributed by atoms with van der Waals surface area (Å²) in [7, 11) is 0. The van der Waals surface area contributed by atoms with E-state index < -0.39 is 0 Å². The van der Waals surface area contributed by atoms with Crippen LogP contribution in [0.3, 0.4) is 0 Å². The van der Waals surface area contributed by atoms with Crippen molar-refractivity contribution < 1.29 is 4.79 Å². The third kappa shape index (κ3) is 4.76. The number of nitrogens with zero attached hydrogens (tertiary/aromatic N) is 1. The maximum Gasteiger partial charge on any atom is 0.253 e. The standard InChI is InChI=1S/C16H18ClN3O/c1-2-8-18-15-7-6-13(11-19-15)16(21)20-10-12-4-3-5-14(17)9-12/h3-7,9,11H,2,8,10H2,1H3,(H,18,19)(H,20,21). The molecular formula is C16H18ClN3O. The molecule has 0 aliphatic heterocycles. The van der Waals surface area contributed by atoms with Crippen molar-refractivity contribution in [3.8, 4) is 0 Å². The van der Waals surface area contributed by atoms with Crippen LogP contribution in [0.15, 0.2) is 42.6 Å². The Morgan fingerprint density at radius 2 is 2.14 bits per heavy atom. The van der Waals surface area contributed by atoms with Gasteiger partial charge in [-0.1, -0.05) is 30.7 Å². The summed E-state index contributed by atoms with van der Waals surface area (Å²) >= 11 is 5.91. The number of aromatic nitrogens is 1. The fourth-order valence-corrected chi connectivity index (χ4v) is 2.03. The third-order valence-electron chi connectivity index (χ3n) is 2.92. The third-order valence-corrected chi connectivity index (χ3v) is 3.16. The van der Waals surface area contributed by atoms with Gasteiger partial charge in [-0.3, -0.25) is 4.79 Å². The van der Waals surface area contributed by atoms with Gasteiger partial charge in [0.2, 0.25) is 0 Å². The van der Waals surface area contributed by atoms with Gasteiger partial charge in [0, 0.05) is 24.3 Å². The van der Waals surface area contributed by atoms with Gasteiger partial charge in [0.15, 0.2) is 0 Å². The van der Waals surface area contributed by atoms with Crippen LogP contribution in [-0.2, 0) is 6.54 Å². The van der Waals surface area contributed by atoms with Crippen LogP contribution in [0.1, 0.15) is 29.3 Å². The number of amides is 1. The molecule has 1 amide bonds. The number of carbonyl (C=O) groups is 1. The van der Waals surface area contributed by atoms with E-state index in [0.717, 1.165) is 24.3 Å². The number of halogens is 1. The number of hydrogen-bond acceptors (Lipinski definition) is 3. The van der Waals surface area contributed by atoms with Crippen LogP contribution in [0.5, 0.6) is 0 Å². The Bertz CT molecular complexity index is 599. The summed E-state index contributed by atoms with van der Waals surface area (Å²) in [5.74, 6) is 0.632. The molecule has 0 saturated heterocycles. The Labute approximate surface area is 129 Å². The van der Waals surface area contributed by atoms with Gasteiger partial charge in [0.05, 0.1) is 5.56 Å². The Morgan fingerprint density at radius 1 is 1.29 bits per heavy atom. The van der Waals surface area contributed by atoms with Gasteiger partial charge in [-0.05, 0) is 36.2 Å². The molecule has 0 bridgehead atoms. The maximum absolute atomic E-state index is 12.0. The van der Waals surface area contributed by atoms with Gasteiger partial charge in [0.1, 0.15) is 5.82 Å². The van der Waals surface area contributed by atoms with Crippen LogP contribution < -0.4 is 10.6 Å². The number of hydrogen-bond donors (Lipinski definition) is 2. The van der Waals surface area contributed by atoms with Crippen LogP contribution in [-0.4, -0.2) is 17.4 Å². The van der Waals surface area contributed by atoms with E-state index >= 15 is 0 Å². The summed E-state index contributed by atoms with van der Waals surface area (Å²) in [5.41, 5.74) is 1.50. The average molecular weight is 304 g/mol. The summed E-state index contributed by atoms with van der Waals surface area (Å²) in [6, 6.07) is 11.0. The van der Waals surface area contributed by atoms with Crippen LogP contribution in [0, 0.1) is 0 Å². The number of rotatable bonds is 6. The Balaban J connectivity index is 1.91. The first-order valence-electron chi connectivity index (χ1n) is 6.91. The first kappa shape index (κ1) is 15.3. The van der Waals surface area contributed by atoms with Crippen molar-refractivity contribution in [1.29, 1.82) is 0 Å². The van der Waals surface area contributed by atoms with E-state index in [1.807, 2.05) is 24.3 Å². The Morgan fingerprint density at radius 3 is 2.81 bits per heavy atom. The van der Waals surface area contributed by atoms with Crippen molar-refractivity contribution in [2.24, 2.45) is 0 Å². The van der Waals surface area contributed by atoms with Crippen molar-refractivity contribution >= 4 is 23.3 Å². The molecule has 2 rings (SSSR count). The lowest BCUT2D eigenvalue weighted by Crippen LogP contribution is -2.23. The molecule has 0 unspecified atom stereocenters. The minimum atomic E-state index is -0.149. The predicted molar refractivity (Wildman–Crippen MR) is 85.6 cm³/mol. The smallest absolute Gasteiger partial charge is 0.253 e. The van der Waals surface area contributed by atoms with Crippen molar-refractivity contribution in [2.45, 2.75) is 19.9 Å². The summed E-state index contributed by atoms with van der Waals surface area (Å²) in [6.07, 6.45) is 2.61. The quantitative estimate of drug-likeness (QED) is 0.859. The topological polar surface area (TPSA) is 54.0 Å². The van der Waals surface area contributed by atoms with Crippen molar-refractivity contribution in [1.82, 2.24) is 10.3 Å². The maximum atomic E-state index is 12.0. The molecular weight excluding hydrogens is 286 g/mol. The lowest BCUT2D eigenvalue weighted by atomic mass is 10.2. The molecule has 4 nitrogen and oxygen atoms in total. The van der Waals surface area contributed by atoms with Crippen molar-refractivity contribution in [3.63, 3.8) is 0 Å². The molecule has 1 aromatic carbocycles. The van der Waals surface area contributed by atoms with Crippen molar-refractivity contribution in [3.05, 3.63) is 58.7 Å². The van der Waals surface area contributed by atoms with Crippen LogP contribution in [0.25, 0.3) is 0 Å². The minimum Gasteiger partial charge on any atom is -0.370 e. The van der Waals surface area contributed by atoms with E-state index in [1.165, 1.54) is 0 Å². The van der Waals surface area contributed by atoms with Gasteiger partial charge < -0.3 is 10.6 Å². The first-order chi connectivity index (χ1) is 10.2. The molecule has 0 spiro atoms.